The van der Waals surface area contributed by atoms with E-state index >= 15 is 0 Å². The summed E-state index contributed by atoms with van der Waals surface area (Å²) in [7, 11) is 0. The Labute approximate surface area is 137 Å². The number of aromatic nitrogens is 3. The molecule has 0 aliphatic carbocycles. The van der Waals surface area contributed by atoms with E-state index in [4.69, 9.17) is 5.26 Å². The summed E-state index contributed by atoms with van der Waals surface area (Å²) in [5, 5.41) is 11.0. The molecule has 2 aromatic heterocycles. The maximum atomic E-state index is 12.6. The molecule has 0 fully saturated rings. The summed E-state index contributed by atoms with van der Waals surface area (Å²) < 4.78 is 37.7. The molecule has 0 aliphatic heterocycles. The van der Waals surface area contributed by atoms with Crippen LogP contribution in [-0.2, 0) is 11.0 Å². The van der Waals surface area contributed by atoms with Crippen LogP contribution in [0.4, 0.5) is 13.2 Å². The van der Waals surface area contributed by atoms with Crippen LogP contribution in [0.25, 0.3) is 0 Å². The Bertz CT molecular complexity index is 754. The summed E-state index contributed by atoms with van der Waals surface area (Å²) in [6, 6.07) is 2.62. The third-order valence-electron chi connectivity index (χ3n) is 2.60. The number of Topliss-reactive ketones (excluding diaryl/α,β-unsaturated/α-hetero) is 1. The lowest BCUT2D eigenvalue weighted by atomic mass is 10.1. The highest BCUT2D eigenvalue weighted by Crippen LogP contribution is 2.29. The highest BCUT2D eigenvalue weighted by molar-refractivity contribution is 7.99. The van der Waals surface area contributed by atoms with E-state index in [2.05, 4.69) is 15.0 Å². The fraction of sp³-hybridized carbons (Fsp3) is 0.308. The number of thioether (sulfide) groups is 1. The molecule has 2 aromatic rings. The maximum absolute atomic E-state index is 12.6. The van der Waals surface area contributed by atoms with E-state index in [1.807, 2.05) is 6.07 Å². The zero-order valence-corrected chi connectivity index (χ0v) is 13.3. The number of rotatable bonds is 5. The summed E-state index contributed by atoms with van der Waals surface area (Å²) in [4.78, 5) is 23.2. The number of ketones is 1. The third kappa shape index (κ3) is 4.49. The molecular formula is C13H9F3N4OS2. The van der Waals surface area contributed by atoms with Crippen LogP contribution in [-0.4, -0.2) is 26.5 Å². The summed E-state index contributed by atoms with van der Waals surface area (Å²) in [5.41, 5.74) is -0.373. The van der Waals surface area contributed by atoms with E-state index in [1.165, 1.54) is 11.3 Å². The van der Waals surface area contributed by atoms with Crippen molar-refractivity contribution in [3.63, 3.8) is 0 Å². The van der Waals surface area contributed by atoms with Crippen LogP contribution >= 0.6 is 23.1 Å². The Morgan fingerprint density at radius 1 is 1.48 bits per heavy atom. The van der Waals surface area contributed by atoms with Crippen molar-refractivity contribution >= 4 is 28.9 Å². The number of halogens is 3. The van der Waals surface area contributed by atoms with Gasteiger partial charge in [-0.2, -0.15) is 18.4 Å². The average Bonchev–Trinajstić information content (AvgIpc) is 2.91. The largest absolute Gasteiger partial charge is 0.433 e. The van der Waals surface area contributed by atoms with E-state index < -0.39 is 23.6 Å². The van der Waals surface area contributed by atoms with E-state index in [0.717, 1.165) is 24.0 Å². The Morgan fingerprint density at radius 2 is 2.22 bits per heavy atom. The van der Waals surface area contributed by atoms with Gasteiger partial charge >= 0.3 is 6.18 Å². The number of aryl methyl sites for hydroxylation is 1. The van der Waals surface area contributed by atoms with Gasteiger partial charge in [-0.3, -0.25) is 4.79 Å². The minimum absolute atomic E-state index is 0.166. The first-order valence-electron chi connectivity index (χ1n) is 6.18. The average molecular weight is 358 g/mol. The van der Waals surface area contributed by atoms with Gasteiger partial charge in [0, 0.05) is 17.3 Å². The maximum Gasteiger partial charge on any atom is 0.433 e. The zero-order chi connectivity index (χ0) is 17.0. The van der Waals surface area contributed by atoms with Gasteiger partial charge in [0.25, 0.3) is 0 Å². The van der Waals surface area contributed by atoms with Gasteiger partial charge in [0.05, 0.1) is 11.8 Å². The van der Waals surface area contributed by atoms with Crippen LogP contribution < -0.4 is 0 Å². The predicted octanol–water partition coefficient (Wildman–Crippen LogP) is 3.23. The lowest BCUT2D eigenvalue weighted by molar-refractivity contribution is -0.141. The number of alkyl halides is 3. The van der Waals surface area contributed by atoms with Crippen LogP contribution in [0.15, 0.2) is 22.8 Å². The number of carbonyl (C=O) groups excluding carboxylic acids is 1. The number of carbonyl (C=O) groups is 1. The van der Waals surface area contributed by atoms with Gasteiger partial charge in [0.15, 0.2) is 16.9 Å². The van der Waals surface area contributed by atoms with E-state index in [1.54, 1.807) is 12.3 Å². The topological polar surface area (TPSA) is 79.5 Å². The molecule has 1 unspecified atom stereocenters. The summed E-state index contributed by atoms with van der Waals surface area (Å²) in [6.45, 7) is 1.74. The zero-order valence-electron chi connectivity index (χ0n) is 11.7. The summed E-state index contributed by atoms with van der Waals surface area (Å²) in [5.74, 6) is -1.70. The van der Waals surface area contributed by atoms with Crippen molar-refractivity contribution in [3.8, 4) is 6.07 Å². The summed E-state index contributed by atoms with van der Waals surface area (Å²) >= 11 is 1.95. The van der Waals surface area contributed by atoms with Crippen molar-refractivity contribution in [1.29, 1.82) is 5.26 Å². The van der Waals surface area contributed by atoms with Gasteiger partial charge in [-0.25, -0.2) is 15.0 Å². The highest BCUT2D eigenvalue weighted by Gasteiger charge is 2.33. The number of hydrogen-bond acceptors (Lipinski definition) is 7. The second-order valence-electron chi connectivity index (χ2n) is 4.37. The SMILES string of the molecule is Cc1csc(C(C#N)C(=O)CSc2nccc(C(F)(F)F)n2)n1. The molecule has 10 heteroatoms. The number of nitrogens with zero attached hydrogens (tertiary/aromatic N) is 4. The van der Waals surface area contributed by atoms with Crippen LogP contribution in [0.5, 0.6) is 0 Å². The van der Waals surface area contributed by atoms with Gasteiger partial charge in [-0.15, -0.1) is 11.3 Å². The minimum Gasteiger partial charge on any atom is -0.297 e. The van der Waals surface area contributed by atoms with Crippen molar-refractivity contribution in [3.05, 3.63) is 34.0 Å². The molecule has 0 aliphatic rings. The van der Waals surface area contributed by atoms with E-state index in [0.29, 0.717) is 10.7 Å². The molecule has 5 nitrogen and oxygen atoms in total. The molecule has 0 saturated heterocycles. The Balaban J connectivity index is 2.05. The summed E-state index contributed by atoms with van der Waals surface area (Å²) in [6.07, 6.45) is -3.59. The molecule has 0 N–H and O–H groups in total. The van der Waals surface area contributed by atoms with Crippen molar-refractivity contribution in [2.45, 2.75) is 24.2 Å². The lowest BCUT2D eigenvalue weighted by Gasteiger charge is -2.07. The highest BCUT2D eigenvalue weighted by atomic mass is 32.2. The Kier molecular flexibility index (Phi) is 5.33. The van der Waals surface area contributed by atoms with Crippen molar-refractivity contribution in [1.82, 2.24) is 15.0 Å². The molecule has 2 heterocycles. The van der Waals surface area contributed by atoms with Crippen molar-refractivity contribution in [2.75, 3.05) is 5.75 Å². The molecule has 2 rings (SSSR count). The molecule has 120 valence electrons. The molecule has 0 saturated carbocycles. The molecule has 0 amide bonds. The fourth-order valence-corrected chi connectivity index (χ4v) is 3.15. The molecular weight excluding hydrogens is 349 g/mol. The van der Waals surface area contributed by atoms with Gasteiger partial charge in [-0.05, 0) is 13.0 Å². The van der Waals surface area contributed by atoms with Crippen LogP contribution in [0.2, 0.25) is 0 Å². The van der Waals surface area contributed by atoms with Crippen LogP contribution in [0.3, 0.4) is 0 Å². The number of hydrogen-bond donors (Lipinski definition) is 0. The third-order valence-corrected chi connectivity index (χ3v) is 4.51. The molecule has 0 aromatic carbocycles. The minimum atomic E-state index is -4.57. The molecule has 1 atom stereocenters. The first-order valence-corrected chi connectivity index (χ1v) is 8.05. The van der Waals surface area contributed by atoms with Crippen molar-refractivity contribution in [2.24, 2.45) is 0 Å². The number of thiazole rings is 1. The number of nitriles is 1. The molecule has 0 spiro atoms. The van der Waals surface area contributed by atoms with Gasteiger partial charge in [-0.1, -0.05) is 11.8 Å². The van der Waals surface area contributed by atoms with Gasteiger partial charge in [0.2, 0.25) is 0 Å². The molecule has 0 bridgehead atoms. The second-order valence-corrected chi connectivity index (χ2v) is 6.20. The normalized spacial score (nSPS) is 12.7. The standard InChI is InChI=1S/C13H9F3N4OS2/c1-7-5-22-11(19-7)8(4-17)9(21)6-23-12-18-3-2-10(20-12)13(14,15)16/h2-3,5,8H,6H2,1H3. The van der Waals surface area contributed by atoms with E-state index in [-0.39, 0.29) is 10.9 Å². The fourth-order valence-electron chi connectivity index (χ4n) is 1.56. The van der Waals surface area contributed by atoms with Crippen LogP contribution in [0.1, 0.15) is 22.3 Å². The Hall–Kier alpha value is -1.99. The predicted molar refractivity (Wildman–Crippen MR) is 78.0 cm³/mol. The smallest absolute Gasteiger partial charge is 0.297 e. The first-order chi connectivity index (χ1) is 10.8. The van der Waals surface area contributed by atoms with Crippen LogP contribution in [0, 0.1) is 18.3 Å². The Morgan fingerprint density at radius 3 is 2.78 bits per heavy atom. The van der Waals surface area contributed by atoms with Crippen molar-refractivity contribution < 1.29 is 18.0 Å². The van der Waals surface area contributed by atoms with Gasteiger partial charge < -0.3 is 0 Å². The molecule has 23 heavy (non-hydrogen) atoms. The first kappa shape index (κ1) is 17.4. The quantitative estimate of drug-likeness (QED) is 0.603. The van der Waals surface area contributed by atoms with E-state index in [9.17, 15) is 18.0 Å². The lowest BCUT2D eigenvalue weighted by Crippen LogP contribution is -2.14. The molecule has 0 radical (unpaired) electrons. The monoisotopic (exact) mass is 358 g/mol. The second kappa shape index (κ2) is 7.06. The van der Waals surface area contributed by atoms with Gasteiger partial charge in [0.1, 0.15) is 10.7 Å².